The summed E-state index contributed by atoms with van der Waals surface area (Å²) in [6.45, 7) is 4.01. The number of hydrogen-bond acceptors (Lipinski definition) is 5. The third-order valence-corrected chi connectivity index (χ3v) is 4.78. The van der Waals surface area contributed by atoms with Gasteiger partial charge in [0.05, 0.1) is 19.3 Å². The van der Waals surface area contributed by atoms with Gasteiger partial charge in [-0.1, -0.05) is 12.1 Å². The molecule has 0 saturated carbocycles. The highest BCUT2D eigenvalue weighted by atomic mass is 16.5. The Balaban J connectivity index is 1.74. The third kappa shape index (κ3) is 3.72. The van der Waals surface area contributed by atoms with Crippen molar-refractivity contribution in [3.8, 4) is 5.75 Å². The van der Waals surface area contributed by atoms with Gasteiger partial charge in [-0.3, -0.25) is 4.79 Å². The smallest absolute Gasteiger partial charge is 0.219 e. The molecule has 4 rings (SSSR count). The molecule has 2 aromatic heterocycles. The zero-order chi connectivity index (χ0) is 18.8. The monoisotopic (exact) mass is 365 g/mol. The highest BCUT2D eigenvalue weighted by molar-refractivity contribution is 5.73. The van der Waals surface area contributed by atoms with E-state index in [0.29, 0.717) is 19.7 Å². The van der Waals surface area contributed by atoms with Crippen molar-refractivity contribution in [1.82, 2.24) is 19.5 Å². The van der Waals surface area contributed by atoms with Crippen molar-refractivity contribution in [1.29, 1.82) is 0 Å². The SMILES string of the molecule is CC(=O)N1CCCOc2cccc(c2)CN(C)c2ccn3ncc(c3n2)C1. The summed E-state index contributed by atoms with van der Waals surface area (Å²) in [4.78, 5) is 20.8. The summed E-state index contributed by atoms with van der Waals surface area (Å²) < 4.78 is 7.64. The number of hydrogen-bond donors (Lipinski definition) is 0. The Labute approximate surface area is 158 Å². The fraction of sp³-hybridized carbons (Fsp3) is 0.350. The number of ether oxygens (including phenoxy) is 1. The van der Waals surface area contributed by atoms with Crippen LogP contribution < -0.4 is 9.64 Å². The number of carbonyl (C=O) groups excluding carboxylic acids is 1. The van der Waals surface area contributed by atoms with E-state index in [4.69, 9.17) is 9.72 Å². The molecule has 1 aromatic carbocycles. The van der Waals surface area contributed by atoms with Crippen LogP contribution in [0.5, 0.6) is 5.75 Å². The lowest BCUT2D eigenvalue weighted by Crippen LogP contribution is -2.30. The Bertz CT molecular complexity index is 968. The molecule has 0 aliphatic carbocycles. The molecule has 27 heavy (non-hydrogen) atoms. The summed E-state index contributed by atoms with van der Waals surface area (Å²) in [6.07, 6.45) is 4.47. The van der Waals surface area contributed by atoms with Crippen molar-refractivity contribution < 1.29 is 9.53 Å². The second-order valence-corrected chi connectivity index (χ2v) is 6.87. The maximum atomic E-state index is 12.1. The van der Waals surface area contributed by atoms with Crippen LogP contribution in [-0.2, 0) is 17.9 Å². The highest BCUT2D eigenvalue weighted by Crippen LogP contribution is 2.20. The minimum absolute atomic E-state index is 0.0361. The van der Waals surface area contributed by atoms with Crippen LogP contribution in [0.3, 0.4) is 0 Å². The summed E-state index contributed by atoms with van der Waals surface area (Å²) in [5.74, 6) is 1.75. The number of carbonyl (C=O) groups is 1. The van der Waals surface area contributed by atoms with E-state index in [-0.39, 0.29) is 5.91 Å². The molecule has 1 amide bonds. The number of anilines is 1. The predicted octanol–water partition coefficient (Wildman–Crippen LogP) is 2.50. The van der Waals surface area contributed by atoms with E-state index in [9.17, 15) is 4.79 Å². The van der Waals surface area contributed by atoms with E-state index in [1.54, 1.807) is 17.6 Å². The Kier molecular flexibility index (Phi) is 4.66. The molecule has 3 aromatic rings. The van der Waals surface area contributed by atoms with Gasteiger partial charge in [-0.05, 0) is 30.2 Å². The zero-order valence-corrected chi connectivity index (χ0v) is 15.6. The quantitative estimate of drug-likeness (QED) is 0.612. The molecule has 0 spiro atoms. The molecule has 0 unspecified atom stereocenters. The lowest BCUT2D eigenvalue weighted by atomic mass is 10.2. The van der Waals surface area contributed by atoms with Crippen LogP contribution in [0.2, 0.25) is 0 Å². The van der Waals surface area contributed by atoms with Crippen LogP contribution in [0.15, 0.2) is 42.7 Å². The Hall–Kier alpha value is -3.09. The molecule has 1 aliphatic heterocycles. The van der Waals surface area contributed by atoms with Gasteiger partial charge in [-0.2, -0.15) is 5.10 Å². The number of benzene rings is 1. The fourth-order valence-corrected chi connectivity index (χ4v) is 3.32. The first-order valence-electron chi connectivity index (χ1n) is 9.12. The van der Waals surface area contributed by atoms with E-state index in [0.717, 1.165) is 41.3 Å². The van der Waals surface area contributed by atoms with E-state index in [2.05, 4.69) is 22.1 Å². The normalized spacial score (nSPS) is 15.3. The molecule has 0 N–H and O–H groups in total. The molecule has 0 radical (unpaired) electrons. The molecule has 0 saturated heterocycles. The Morgan fingerprint density at radius 3 is 2.96 bits per heavy atom. The Morgan fingerprint density at radius 1 is 1.22 bits per heavy atom. The summed E-state index contributed by atoms with van der Waals surface area (Å²) in [5.41, 5.74) is 2.88. The molecule has 7 nitrogen and oxygen atoms in total. The summed E-state index contributed by atoms with van der Waals surface area (Å²) in [7, 11) is 2.02. The van der Waals surface area contributed by atoms with Crippen molar-refractivity contribution in [3.63, 3.8) is 0 Å². The zero-order valence-electron chi connectivity index (χ0n) is 15.6. The van der Waals surface area contributed by atoms with Gasteiger partial charge in [0.25, 0.3) is 0 Å². The minimum Gasteiger partial charge on any atom is -0.494 e. The molecule has 4 bridgehead atoms. The third-order valence-electron chi connectivity index (χ3n) is 4.78. The van der Waals surface area contributed by atoms with Crippen LogP contribution >= 0.6 is 0 Å². The molecule has 7 heteroatoms. The first kappa shape index (κ1) is 17.3. The van der Waals surface area contributed by atoms with Gasteiger partial charge >= 0.3 is 0 Å². The van der Waals surface area contributed by atoms with Gasteiger partial charge in [0.2, 0.25) is 5.91 Å². The molecule has 3 heterocycles. The number of nitrogens with zero attached hydrogens (tertiary/aromatic N) is 5. The largest absolute Gasteiger partial charge is 0.494 e. The first-order valence-corrected chi connectivity index (χ1v) is 9.12. The van der Waals surface area contributed by atoms with Crippen LogP contribution in [0, 0.1) is 0 Å². The number of amides is 1. The molecule has 1 aliphatic rings. The van der Waals surface area contributed by atoms with Crippen molar-refractivity contribution in [2.75, 3.05) is 25.1 Å². The standard InChI is InChI=1S/C20H23N5O2/c1-15(26)24-8-4-10-27-18-6-3-5-16(11-18)13-23(2)19-7-9-25-20(22-19)17(14-24)12-21-25/h3,5-7,9,11-12H,4,8,10,13-14H2,1-2H3. The predicted molar refractivity (Wildman–Crippen MR) is 103 cm³/mol. The fourth-order valence-electron chi connectivity index (χ4n) is 3.32. The topological polar surface area (TPSA) is 63.0 Å². The average Bonchev–Trinajstić information content (AvgIpc) is 3.05. The van der Waals surface area contributed by atoms with Crippen LogP contribution in [-0.4, -0.2) is 45.6 Å². The van der Waals surface area contributed by atoms with Crippen molar-refractivity contribution in [3.05, 3.63) is 53.9 Å². The number of rotatable bonds is 0. The van der Waals surface area contributed by atoms with Crippen molar-refractivity contribution in [2.24, 2.45) is 0 Å². The molecule has 140 valence electrons. The van der Waals surface area contributed by atoms with Gasteiger partial charge in [0, 0.05) is 38.8 Å². The lowest BCUT2D eigenvalue weighted by Gasteiger charge is -2.20. The maximum Gasteiger partial charge on any atom is 0.219 e. The molecular weight excluding hydrogens is 342 g/mol. The minimum atomic E-state index is 0.0361. The van der Waals surface area contributed by atoms with Crippen molar-refractivity contribution in [2.45, 2.75) is 26.4 Å². The van der Waals surface area contributed by atoms with Crippen LogP contribution in [0.1, 0.15) is 24.5 Å². The van der Waals surface area contributed by atoms with E-state index < -0.39 is 0 Å². The van der Waals surface area contributed by atoms with Gasteiger partial charge in [0.15, 0.2) is 5.65 Å². The van der Waals surface area contributed by atoms with Gasteiger partial charge < -0.3 is 14.5 Å². The van der Waals surface area contributed by atoms with E-state index in [1.807, 2.05) is 36.3 Å². The summed E-state index contributed by atoms with van der Waals surface area (Å²) >= 11 is 0. The average molecular weight is 365 g/mol. The molecule has 0 atom stereocenters. The molecule has 0 fully saturated rings. The van der Waals surface area contributed by atoms with E-state index in [1.165, 1.54) is 0 Å². The van der Waals surface area contributed by atoms with Crippen LogP contribution in [0.4, 0.5) is 5.82 Å². The Morgan fingerprint density at radius 2 is 2.11 bits per heavy atom. The van der Waals surface area contributed by atoms with E-state index >= 15 is 0 Å². The van der Waals surface area contributed by atoms with Gasteiger partial charge in [-0.15, -0.1) is 0 Å². The number of fused-ring (bicyclic) bond motifs is 3. The summed E-state index contributed by atoms with van der Waals surface area (Å²) in [6, 6.07) is 10.1. The second kappa shape index (κ2) is 7.26. The maximum absolute atomic E-state index is 12.1. The van der Waals surface area contributed by atoms with Crippen LogP contribution in [0.25, 0.3) is 5.65 Å². The van der Waals surface area contributed by atoms with Crippen molar-refractivity contribution >= 4 is 17.4 Å². The molecular formula is C20H23N5O2. The van der Waals surface area contributed by atoms with Gasteiger partial charge in [0.1, 0.15) is 11.6 Å². The van der Waals surface area contributed by atoms with Gasteiger partial charge in [-0.25, -0.2) is 9.50 Å². The summed E-state index contributed by atoms with van der Waals surface area (Å²) in [5, 5.41) is 4.38. The number of aromatic nitrogens is 3. The second-order valence-electron chi connectivity index (χ2n) is 6.87. The first-order chi connectivity index (χ1) is 13.1. The highest BCUT2D eigenvalue weighted by Gasteiger charge is 2.15. The lowest BCUT2D eigenvalue weighted by molar-refractivity contribution is -0.129.